The van der Waals surface area contributed by atoms with Crippen LogP contribution in [0.2, 0.25) is 0 Å². The van der Waals surface area contributed by atoms with E-state index in [1.165, 1.54) is 9.56 Å². The van der Waals surface area contributed by atoms with Gasteiger partial charge < -0.3 is 4.90 Å². The molecule has 1 aliphatic heterocycles. The molecule has 6 nitrogen and oxygen atoms in total. The number of amides is 1. The Bertz CT molecular complexity index is 872. The highest BCUT2D eigenvalue weighted by Crippen LogP contribution is 2.35. The second kappa shape index (κ2) is 6.52. The van der Waals surface area contributed by atoms with Crippen LogP contribution in [0.1, 0.15) is 50.0 Å². The van der Waals surface area contributed by atoms with Gasteiger partial charge in [-0.05, 0) is 56.9 Å². The molecule has 0 bridgehead atoms. The van der Waals surface area contributed by atoms with Crippen molar-refractivity contribution in [3.05, 3.63) is 20.8 Å². The van der Waals surface area contributed by atoms with Gasteiger partial charge in [0.15, 0.2) is 4.83 Å². The van der Waals surface area contributed by atoms with Crippen LogP contribution in [0.25, 0.3) is 10.2 Å². The number of hydrogen-bond acceptors (Lipinski definition) is 5. The maximum absolute atomic E-state index is 12.9. The summed E-state index contributed by atoms with van der Waals surface area (Å²) in [6, 6.07) is 0.240. The van der Waals surface area contributed by atoms with Crippen LogP contribution in [-0.2, 0) is 24.2 Å². The first-order valence-electron chi connectivity index (χ1n) is 9.22. The number of fused-ring (bicyclic) bond motifs is 3. The van der Waals surface area contributed by atoms with Crippen molar-refractivity contribution < 1.29 is 4.79 Å². The molecular formula is C18H24N4O2S. The van der Waals surface area contributed by atoms with E-state index in [0.29, 0.717) is 11.3 Å². The Labute approximate surface area is 150 Å². The lowest BCUT2D eigenvalue weighted by Crippen LogP contribution is -2.45. The molecule has 2 aromatic heterocycles. The maximum Gasteiger partial charge on any atom is 0.279 e. The van der Waals surface area contributed by atoms with Gasteiger partial charge in [0.2, 0.25) is 5.91 Å². The van der Waals surface area contributed by atoms with Gasteiger partial charge in [0.1, 0.15) is 6.54 Å². The fraction of sp³-hybridized carbons (Fsp3) is 0.667. The van der Waals surface area contributed by atoms with Crippen LogP contribution in [-0.4, -0.2) is 38.4 Å². The van der Waals surface area contributed by atoms with Crippen LogP contribution in [0.15, 0.2) is 4.79 Å². The Morgan fingerprint density at radius 2 is 2.12 bits per heavy atom. The van der Waals surface area contributed by atoms with Gasteiger partial charge in [-0.1, -0.05) is 12.1 Å². The highest BCUT2D eigenvalue weighted by Gasteiger charge is 2.26. The van der Waals surface area contributed by atoms with E-state index in [9.17, 15) is 9.59 Å². The number of likely N-dealkylation sites (tertiary alicyclic amines) is 1. The van der Waals surface area contributed by atoms with Gasteiger partial charge in [-0.2, -0.15) is 0 Å². The van der Waals surface area contributed by atoms with Crippen molar-refractivity contribution in [1.82, 2.24) is 19.9 Å². The average Bonchev–Trinajstić information content (AvgIpc) is 2.95. The van der Waals surface area contributed by atoms with E-state index in [0.717, 1.165) is 55.5 Å². The molecule has 0 N–H and O–H groups in total. The lowest BCUT2D eigenvalue weighted by Gasteiger charge is -2.33. The second-order valence-corrected chi connectivity index (χ2v) is 8.60. The number of nitrogens with zero attached hydrogens (tertiary/aromatic N) is 4. The molecule has 1 fully saturated rings. The summed E-state index contributed by atoms with van der Waals surface area (Å²) in [7, 11) is 0. The van der Waals surface area contributed by atoms with Gasteiger partial charge >= 0.3 is 0 Å². The molecule has 0 saturated carbocycles. The highest BCUT2D eigenvalue weighted by molar-refractivity contribution is 7.18. The fourth-order valence-corrected chi connectivity index (χ4v) is 5.40. The molecule has 7 heteroatoms. The monoisotopic (exact) mass is 360 g/mol. The van der Waals surface area contributed by atoms with Gasteiger partial charge in [0.05, 0.1) is 5.39 Å². The van der Waals surface area contributed by atoms with Gasteiger partial charge in [0, 0.05) is 17.5 Å². The zero-order valence-corrected chi connectivity index (χ0v) is 15.6. The number of carbonyl (C=O) groups excluding carboxylic acids is 1. The number of piperidine rings is 1. The summed E-state index contributed by atoms with van der Waals surface area (Å²) in [5.41, 5.74) is 0.987. The Hall–Kier alpha value is -1.76. The average molecular weight is 360 g/mol. The number of hydrogen-bond donors (Lipinski definition) is 0. The number of aryl methyl sites for hydroxylation is 1. The van der Waals surface area contributed by atoms with E-state index in [-0.39, 0.29) is 24.1 Å². The van der Waals surface area contributed by atoms with Crippen LogP contribution >= 0.6 is 11.3 Å². The zero-order chi connectivity index (χ0) is 17.6. The molecule has 0 unspecified atom stereocenters. The number of rotatable bonds is 2. The van der Waals surface area contributed by atoms with Crippen LogP contribution in [0.5, 0.6) is 0 Å². The molecule has 0 radical (unpaired) electrons. The molecule has 1 amide bonds. The molecule has 3 heterocycles. The highest BCUT2D eigenvalue weighted by atomic mass is 32.1. The second-order valence-electron chi connectivity index (χ2n) is 7.52. The first-order chi connectivity index (χ1) is 12.0. The lowest BCUT2D eigenvalue weighted by molar-refractivity contribution is -0.135. The molecular weight excluding hydrogens is 336 g/mol. The predicted molar refractivity (Wildman–Crippen MR) is 97.9 cm³/mol. The molecule has 4 rings (SSSR count). The predicted octanol–water partition coefficient (Wildman–Crippen LogP) is 2.38. The van der Waals surface area contributed by atoms with Crippen molar-refractivity contribution in [2.24, 2.45) is 5.92 Å². The van der Waals surface area contributed by atoms with Gasteiger partial charge in [-0.15, -0.1) is 16.4 Å². The van der Waals surface area contributed by atoms with E-state index < -0.39 is 0 Å². The van der Waals surface area contributed by atoms with E-state index in [1.54, 1.807) is 11.3 Å². The Balaban J connectivity index is 1.65. The van der Waals surface area contributed by atoms with E-state index in [4.69, 9.17) is 0 Å². The molecule has 0 aromatic carbocycles. The van der Waals surface area contributed by atoms with Crippen LogP contribution in [0, 0.1) is 5.92 Å². The first-order valence-corrected chi connectivity index (χ1v) is 10.0. The standard InChI is InChI=1S/C18H24N4O2S/c1-11-6-7-13-14(9-11)25-17-16(13)18(24)22(20-19-17)10-15(23)21-8-4-3-5-12(21)2/h11-12H,3-10H2,1-2H3/t11-,12-/m0/s1. The minimum Gasteiger partial charge on any atom is -0.338 e. The van der Waals surface area contributed by atoms with Crippen molar-refractivity contribution in [3.8, 4) is 0 Å². The van der Waals surface area contributed by atoms with Crippen molar-refractivity contribution in [2.75, 3.05) is 6.54 Å². The zero-order valence-electron chi connectivity index (χ0n) is 14.8. The van der Waals surface area contributed by atoms with Crippen LogP contribution in [0.3, 0.4) is 0 Å². The van der Waals surface area contributed by atoms with E-state index in [2.05, 4.69) is 24.2 Å². The van der Waals surface area contributed by atoms with Gasteiger partial charge in [-0.3, -0.25) is 9.59 Å². The molecule has 1 saturated heterocycles. The Morgan fingerprint density at radius 1 is 1.28 bits per heavy atom. The van der Waals surface area contributed by atoms with Crippen LogP contribution in [0.4, 0.5) is 0 Å². The SMILES string of the molecule is C[C@H]1CCc2c(sc3nnn(CC(=O)N4CCCC[C@@H]4C)c(=O)c23)C1. The summed E-state index contributed by atoms with van der Waals surface area (Å²) in [5, 5.41) is 8.99. The molecule has 2 aliphatic rings. The van der Waals surface area contributed by atoms with E-state index >= 15 is 0 Å². The summed E-state index contributed by atoms with van der Waals surface area (Å²) in [6.07, 6.45) is 6.27. The van der Waals surface area contributed by atoms with Crippen molar-refractivity contribution in [3.63, 3.8) is 0 Å². The summed E-state index contributed by atoms with van der Waals surface area (Å²) >= 11 is 1.59. The van der Waals surface area contributed by atoms with Crippen molar-refractivity contribution in [2.45, 2.75) is 65.0 Å². The summed E-state index contributed by atoms with van der Waals surface area (Å²) in [5.74, 6) is 0.624. The van der Waals surface area contributed by atoms with Crippen molar-refractivity contribution >= 4 is 27.5 Å². The normalized spacial score (nSPS) is 23.7. The molecule has 2 atom stereocenters. The lowest BCUT2D eigenvalue weighted by atomic mass is 9.89. The van der Waals surface area contributed by atoms with E-state index in [1.807, 2.05) is 4.90 Å². The summed E-state index contributed by atoms with van der Waals surface area (Å²) < 4.78 is 1.26. The Kier molecular flexibility index (Phi) is 4.35. The molecule has 134 valence electrons. The summed E-state index contributed by atoms with van der Waals surface area (Å²) in [6.45, 7) is 5.09. The number of thiophene rings is 1. The molecule has 0 spiro atoms. The molecule has 25 heavy (non-hydrogen) atoms. The van der Waals surface area contributed by atoms with Gasteiger partial charge in [-0.25, -0.2) is 4.68 Å². The van der Waals surface area contributed by atoms with Crippen molar-refractivity contribution in [1.29, 1.82) is 0 Å². The fourth-order valence-electron chi connectivity index (χ4n) is 4.08. The third kappa shape index (κ3) is 2.99. The topological polar surface area (TPSA) is 68.1 Å². The minimum absolute atomic E-state index is 0.00681. The smallest absolute Gasteiger partial charge is 0.279 e. The maximum atomic E-state index is 12.9. The summed E-state index contributed by atoms with van der Waals surface area (Å²) in [4.78, 5) is 29.5. The third-order valence-electron chi connectivity index (χ3n) is 5.59. The van der Waals surface area contributed by atoms with Gasteiger partial charge in [0.25, 0.3) is 5.56 Å². The first kappa shape index (κ1) is 16.7. The number of aromatic nitrogens is 3. The Morgan fingerprint density at radius 3 is 2.92 bits per heavy atom. The quantitative estimate of drug-likeness (QED) is 0.825. The number of carbonyl (C=O) groups is 1. The third-order valence-corrected chi connectivity index (χ3v) is 6.73. The largest absolute Gasteiger partial charge is 0.338 e. The minimum atomic E-state index is -0.157. The molecule has 1 aliphatic carbocycles. The molecule has 2 aromatic rings. The van der Waals surface area contributed by atoms with Crippen LogP contribution < -0.4 is 5.56 Å².